The van der Waals surface area contributed by atoms with E-state index in [0.717, 1.165) is 36.7 Å². The van der Waals surface area contributed by atoms with Gasteiger partial charge in [0.15, 0.2) is 0 Å². The van der Waals surface area contributed by atoms with Gasteiger partial charge in [-0.1, -0.05) is 0 Å². The second-order valence-electron chi connectivity index (χ2n) is 5.73. The number of halogens is 3. The van der Waals surface area contributed by atoms with Crippen molar-refractivity contribution in [2.24, 2.45) is 11.3 Å². The molecule has 1 aromatic heterocycles. The average molecular weight is 259 g/mol. The van der Waals surface area contributed by atoms with E-state index in [1.807, 2.05) is 0 Å². The topological polar surface area (TPSA) is 29.9 Å². The Bertz CT molecular complexity index is 452. The van der Waals surface area contributed by atoms with Gasteiger partial charge in [-0.25, -0.2) is 0 Å². The Hall–Kier alpha value is -1.04. The number of aryl methyl sites for hydroxylation is 1. The van der Waals surface area contributed by atoms with Crippen LogP contribution in [0.25, 0.3) is 0 Å². The Kier molecular flexibility index (Phi) is 2.49. The van der Waals surface area contributed by atoms with Crippen LogP contribution in [0.4, 0.5) is 13.2 Å². The molecule has 0 bridgehead atoms. The molecular weight excluding hydrogens is 243 g/mol. The summed E-state index contributed by atoms with van der Waals surface area (Å²) in [5, 5.41) is 7.20. The van der Waals surface area contributed by atoms with E-state index < -0.39 is 11.9 Å². The molecule has 3 nitrogen and oxygen atoms in total. The smallest absolute Gasteiger partial charge is 0.316 e. The average Bonchev–Trinajstić information content (AvgIpc) is 2.48. The summed E-state index contributed by atoms with van der Waals surface area (Å²) in [7, 11) is 0. The Morgan fingerprint density at radius 3 is 2.61 bits per heavy atom. The van der Waals surface area contributed by atoms with Crippen molar-refractivity contribution in [3.8, 4) is 0 Å². The Morgan fingerprint density at radius 2 is 2.11 bits per heavy atom. The predicted molar refractivity (Wildman–Crippen MR) is 60.0 cm³/mol. The van der Waals surface area contributed by atoms with Crippen LogP contribution in [0.5, 0.6) is 0 Å². The van der Waals surface area contributed by atoms with Gasteiger partial charge in [0.05, 0.1) is 5.69 Å². The maximum Gasteiger partial charge on any atom is 0.433 e. The van der Waals surface area contributed by atoms with Crippen LogP contribution in [0.15, 0.2) is 6.07 Å². The van der Waals surface area contributed by atoms with Crippen molar-refractivity contribution in [3.63, 3.8) is 0 Å². The summed E-state index contributed by atoms with van der Waals surface area (Å²) in [5.74, 6) is 0.340. The third-order valence-corrected chi connectivity index (χ3v) is 4.07. The van der Waals surface area contributed by atoms with E-state index >= 15 is 0 Å². The molecule has 1 aliphatic heterocycles. The van der Waals surface area contributed by atoms with Crippen LogP contribution in [0.2, 0.25) is 0 Å². The molecule has 18 heavy (non-hydrogen) atoms. The summed E-state index contributed by atoms with van der Waals surface area (Å²) < 4.78 is 39.5. The molecule has 1 spiro atoms. The van der Waals surface area contributed by atoms with Gasteiger partial charge in [0.25, 0.3) is 0 Å². The van der Waals surface area contributed by atoms with Crippen molar-refractivity contribution in [2.75, 3.05) is 13.1 Å². The lowest BCUT2D eigenvalue weighted by Crippen LogP contribution is -2.60. The van der Waals surface area contributed by atoms with Crippen molar-refractivity contribution in [3.05, 3.63) is 17.5 Å². The van der Waals surface area contributed by atoms with E-state index in [0.29, 0.717) is 23.6 Å². The van der Waals surface area contributed by atoms with Gasteiger partial charge in [-0.05, 0) is 37.2 Å². The molecule has 2 heterocycles. The third kappa shape index (κ3) is 1.92. The molecule has 1 N–H and O–H groups in total. The van der Waals surface area contributed by atoms with Crippen molar-refractivity contribution in [1.29, 1.82) is 0 Å². The van der Waals surface area contributed by atoms with E-state index in [-0.39, 0.29) is 0 Å². The lowest BCUT2D eigenvalue weighted by molar-refractivity contribution is -0.145. The van der Waals surface area contributed by atoms with E-state index in [1.54, 1.807) is 6.92 Å². The first kappa shape index (κ1) is 12.0. The summed E-state index contributed by atoms with van der Waals surface area (Å²) in [4.78, 5) is 0. The van der Waals surface area contributed by atoms with Crippen LogP contribution in [0.1, 0.15) is 24.2 Å². The van der Waals surface area contributed by atoms with Gasteiger partial charge in [0, 0.05) is 19.6 Å². The zero-order valence-corrected chi connectivity index (χ0v) is 10.2. The SMILES string of the molecule is Cc1cc(C(F)(F)F)n(CC2CC3(CNC3)C2)n1. The molecule has 1 saturated carbocycles. The first-order valence-electron chi connectivity index (χ1n) is 6.20. The number of hydrogen-bond acceptors (Lipinski definition) is 2. The molecule has 0 radical (unpaired) electrons. The predicted octanol–water partition coefficient (Wildman–Crippen LogP) is 2.21. The van der Waals surface area contributed by atoms with Crippen LogP contribution in [-0.2, 0) is 12.7 Å². The Balaban J connectivity index is 1.69. The first-order chi connectivity index (χ1) is 8.38. The monoisotopic (exact) mass is 259 g/mol. The lowest BCUT2D eigenvalue weighted by atomic mass is 9.58. The van der Waals surface area contributed by atoms with Gasteiger partial charge >= 0.3 is 6.18 Å². The van der Waals surface area contributed by atoms with Gasteiger partial charge in [-0.3, -0.25) is 4.68 Å². The standard InChI is InChI=1S/C12H16F3N3/c1-8-2-10(12(13,14)15)18(17-8)5-9-3-11(4-9)6-16-7-11/h2,9,16H,3-7H2,1H3. The number of nitrogens with zero attached hydrogens (tertiary/aromatic N) is 2. The van der Waals surface area contributed by atoms with Crippen molar-refractivity contribution in [2.45, 2.75) is 32.5 Å². The van der Waals surface area contributed by atoms with Gasteiger partial charge in [-0.2, -0.15) is 18.3 Å². The van der Waals surface area contributed by atoms with E-state index in [1.165, 1.54) is 0 Å². The second kappa shape index (κ2) is 3.73. The van der Waals surface area contributed by atoms with Crippen LogP contribution in [0.3, 0.4) is 0 Å². The molecule has 0 aromatic carbocycles. The van der Waals surface area contributed by atoms with Gasteiger partial charge in [-0.15, -0.1) is 0 Å². The third-order valence-electron chi connectivity index (χ3n) is 4.07. The zero-order valence-electron chi connectivity index (χ0n) is 10.2. The summed E-state index contributed by atoms with van der Waals surface area (Å²) in [6, 6.07) is 1.12. The Labute approximate surface area is 103 Å². The lowest BCUT2D eigenvalue weighted by Gasteiger charge is -2.54. The molecule has 6 heteroatoms. The molecule has 2 aliphatic rings. The first-order valence-corrected chi connectivity index (χ1v) is 6.20. The summed E-state index contributed by atoms with van der Waals surface area (Å²) in [6.07, 6.45) is -2.26. The minimum atomic E-state index is -4.30. The fraction of sp³-hybridized carbons (Fsp3) is 0.750. The number of aromatic nitrogens is 2. The van der Waals surface area contributed by atoms with Gasteiger partial charge in [0.2, 0.25) is 0 Å². The van der Waals surface area contributed by atoms with E-state index in [9.17, 15) is 13.2 Å². The highest BCUT2D eigenvalue weighted by Gasteiger charge is 2.48. The molecule has 100 valence electrons. The van der Waals surface area contributed by atoms with Gasteiger partial charge in [0.1, 0.15) is 5.69 Å². The van der Waals surface area contributed by atoms with Crippen LogP contribution >= 0.6 is 0 Å². The highest BCUT2D eigenvalue weighted by atomic mass is 19.4. The van der Waals surface area contributed by atoms with Crippen molar-refractivity contribution in [1.82, 2.24) is 15.1 Å². The van der Waals surface area contributed by atoms with Crippen LogP contribution in [-0.4, -0.2) is 22.9 Å². The number of alkyl halides is 3. The Morgan fingerprint density at radius 1 is 1.44 bits per heavy atom. The number of hydrogen-bond donors (Lipinski definition) is 1. The fourth-order valence-electron chi connectivity index (χ4n) is 3.22. The highest BCUT2D eigenvalue weighted by molar-refractivity contribution is 5.13. The summed E-state index contributed by atoms with van der Waals surface area (Å²) >= 11 is 0. The number of nitrogens with one attached hydrogen (secondary N) is 1. The van der Waals surface area contributed by atoms with E-state index in [4.69, 9.17) is 0 Å². The summed E-state index contributed by atoms with van der Waals surface area (Å²) in [6.45, 7) is 4.04. The molecule has 0 amide bonds. The minimum absolute atomic E-state index is 0.340. The second-order valence-corrected chi connectivity index (χ2v) is 5.73. The minimum Gasteiger partial charge on any atom is -0.316 e. The van der Waals surface area contributed by atoms with Gasteiger partial charge < -0.3 is 5.32 Å². The van der Waals surface area contributed by atoms with Crippen LogP contribution < -0.4 is 5.32 Å². The molecule has 0 atom stereocenters. The maximum atomic E-state index is 12.8. The quantitative estimate of drug-likeness (QED) is 0.882. The van der Waals surface area contributed by atoms with Crippen molar-refractivity contribution >= 4 is 0 Å². The molecule has 2 fully saturated rings. The largest absolute Gasteiger partial charge is 0.433 e. The highest BCUT2D eigenvalue weighted by Crippen LogP contribution is 2.49. The normalized spacial score (nSPS) is 22.9. The maximum absolute atomic E-state index is 12.8. The fourth-order valence-corrected chi connectivity index (χ4v) is 3.22. The molecular formula is C12H16F3N3. The molecule has 1 saturated heterocycles. The van der Waals surface area contributed by atoms with Crippen LogP contribution in [0, 0.1) is 18.3 Å². The molecule has 1 aromatic rings. The van der Waals surface area contributed by atoms with Crippen molar-refractivity contribution < 1.29 is 13.2 Å². The zero-order chi connectivity index (χ0) is 13.0. The van der Waals surface area contributed by atoms with E-state index in [2.05, 4.69) is 10.4 Å². The number of rotatable bonds is 2. The molecule has 1 aliphatic carbocycles. The summed E-state index contributed by atoms with van der Waals surface area (Å²) in [5.41, 5.74) is 0.208. The molecule has 3 rings (SSSR count). The molecule has 0 unspecified atom stereocenters.